The van der Waals surface area contributed by atoms with Gasteiger partial charge in [-0.1, -0.05) is 16.5 Å². The zero-order valence-electron chi connectivity index (χ0n) is 11.6. The molecule has 2 aromatic heterocycles. The molecule has 0 unspecified atom stereocenters. The van der Waals surface area contributed by atoms with Crippen molar-refractivity contribution in [2.75, 3.05) is 18.4 Å². The maximum atomic E-state index is 12.6. The number of carbonyl (C=O) groups excluding carboxylic acids is 1. The number of thiazole rings is 1. The minimum Gasteiger partial charge on any atom is -0.343 e. The molecule has 1 aliphatic rings. The third kappa shape index (κ3) is 2.87. The van der Waals surface area contributed by atoms with Crippen LogP contribution in [0.2, 0.25) is 0 Å². The summed E-state index contributed by atoms with van der Waals surface area (Å²) in [6, 6.07) is 0. The molecule has 22 heavy (non-hydrogen) atoms. The van der Waals surface area contributed by atoms with Gasteiger partial charge in [0.2, 0.25) is 12.3 Å². The lowest BCUT2D eigenvalue weighted by Gasteiger charge is -2.13. The van der Waals surface area contributed by atoms with Gasteiger partial charge in [-0.3, -0.25) is 4.79 Å². The summed E-state index contributed by atoms with van der Waals surface area (Å²) in [6.45, 7) is 2.02. The predicted molar refractivity (Wildman–Crippen MR) is 76.8 cm³/mol. The first kappa shape index (κ1) is 15.1. The minimum atomic E-state index is -3.63. The first-order valence-electron chi connectivity index (χ1n) is 6.46. The van der Waals surface area contributed by atoms with Crippen molar-refractivity contribution in [2.45, 2.75) is 23.5 Å². The third-order valence-electron chi connectivity index (χ3n) is 3.26. The lowest BCUT2D eigenvalue weighted by Crippen LogP contribution is -2.28. The normalized spacial score (nSPS) is 19.4. The van der Waals surface area contributed by atoms with E-state index in [9.17, 15) is 13.2 Å². The van der Waals surface area contributed by atoms with Gasteiger partial charge in [0.05, 0.1) is 6.20 Å². The van der Waals surface area contributed by atoms with Crippen molar-refractivity contribution in [1.29, 1.82) is 0 Å². The number of amides is 1. The van der Waals surface area contributed by atoms with Gasteiger partial charge < -0.3 is 9.84 Å². The van der Waals surface area contributed by atoms with E-state index >= 15 is 0 Å². The van der Waals surface area contributed by atoms with Gasteiger partial charge in [-0.15, -0.1) is 0 Å². The van der Waals surface area contributed by atoms with E-state index in [0.29, 0.717) is 25.3 Å². The van der Waals surface area contributed by atoms with Gasteiger partial charge in [0.1, 0.15) is 0 Å². The van der Waals surface area contributed by atoms with Crippen LogP contribution in [0.15, 0.2) is 21.3 Å². The van der Waals surface area contributed by atoms with E-state index in [0.717, 1.165) is 11.3 Å². The third-order valence-corrected chi connectivity index (χ3v) is 6.47. The number of sulfonamides is 1. The second kappa shape index (κ2) is 5.74. The lowest BCUT2D eigenvalue weighted by molar-refractivity contribution is -0.114. The van der Waals surface area contributed by atoms with Crippen LogP contribution in [0.4, 0.5) is 5.13 Å². The largest absolute Gasteiger partial charge is 0.343 e. The Kier molecular flexibility index (Phi) is 3.93. The van der Waals surface area contributed by atoms with Crippen molar-refractivity contribution >= 4 is 32.4 Å². The van der Waals surface area contributed by atoms with Crippen molar-refractivity contribution in [3.8, 4) is 0 Å². The molecule has 1 fully saturated rings. The Labute approximate surface area is 130 Å². The molecule has 2 aromatic rings. The molecule has 1 aliphatic heterocycles. The molecule has 1 amide bonds. The average molecular weight is 343 g/mol. The van der Waals surface area contributed by atoms with Crippen LogP contribution in [-0.2, 0) is 14.8 Å². The lowest BCUT2D eigenvalue weighted by atomic mass is 10.1. The first-order valence-corrected chi connectivity index (χ1v) is 8.72. The molecule has 0 bridgehead atoms. The number of nitrogens with zero attached hydrogens (tertiary/aromatic N) is 4. The van der Waals surface area contributed by atoms with E-state index in [1.807, 2.05) is 0 Å². The molecule has 1 saturated heterocycles. The molecule has 3 heterocycles. The zero-order valence-corrected chi connectivity index (χ0v) is 13.2. The first-order chi connectivity index (χ1) is 10.5. The number of rotatable bonds is 4. The van der Waals surface area contributed by atoms with Crippen LogP contribution in [0.25, 0.3) is 0 Å². The van der Waals surface area contributed by atoms with Gasteiger partial charge in [0.15, 0.2) is 15.2 Å². The fraction of sp³-hybridized carbons (Fsp3) is 0.455. The maximum absolute atomic E-state index is 12.6. The molecule has 3 rings (SSSR count). The highest BCUT2D eigenvalue weighted by molar-refractivity contribution is 7.91. The van der Waals surface area contributed by atoms with E-state index in [1.54, 1.807) is 0 Å². The fourth-order valence-corrected chi connectivity index (χ4v) is 4.96. The van der Waals surface area contributed by atoms with Gasteiger partial charge >= 0.3 is 0 Å². The van der Waals surface area contributed by atoms with Crippen LogP contribution in [0.1, 0.15) is 25.1 Å². The Morgan fingerprint density at radius 3 is 3.00 bits per heavy atom. The summed E-state index contributed by atoms with van der Waals surface area (Å²) >= 11 is 0.931. The van der Waals surface area contributed by atoms with E-state index in [4.69, 9.17) is 4.52 Å². The number of aromatic nitrogens is 3. The number of carbonyl (C=O) groups is 1. The molecule has 0 aromatic carbocycles. The molecule has 118 valence electrons. The summed E-state index contributed by atoms with van der Waals surface area (Å²) in [6.07, 6.45) is 3.12. The topological polar surface area (TPSA) is 118 Å². The highest BCUT2D eigenvalue weighted by Crippen LogP contribution is 2.32. The summed E-state index contributed by atoms with van der Waals surface area (Å²) in [5.41, 5.74) is 0. The second-order valence-corrected chi connectivity index (χ2v) is 8.00. The van der Waals surface area contributed by atoms with Gasteiger partial charge in [-0.2, -0.15) is 9.29 Å². The molecule has 9 nitrogen and oxygen atoms in total. The molecule has 1 atom stereocenters. The van der Waals surface area contributed by atoms with E-state index < -0.39 is 10.0 Å². The number of nitrogens with one attached hydrogen (secondary N) is 1. The Balaban J connectivity index is 1.76. The van der Waals surface area contributed by atoms with Crippen LogP contribution in [0, 0.1) is 0 Å². The Morgan fingerprint density at radius 1 is 1.50 bits per heavy atom. The summed E-state index contributed by atoms with van der Waals surface area (Å²) in [4.78, 5) is 18.8. The predicted octanol–water partition coefficient (Wildman–Crippen LogP) is 0.663. The Bertz CT molecular complexity index is 770. The number of hydrogen-bond donors (Lipinski definition) is 1. The minimum absolute atomic E-state index is 0.0729. The summed E-state index contributed by atoms with van der Waals surface area (Å²) in [5.74, 6) is 0.147. The highest BCUT2D eigenvalue weighted by Gasteiger charge is 2.36. The number of anilines is 1. The van der Waals surface area contributed by atoms with E-state index in [-0.39, 0.29) is 21.2 Å². The number of hydrogen-bond acceptors (Lipinski definition) is 8. The SMILES string of the molecule is CC(=O)Nc1ncc(S(=O)(=O)N2CC[C@H](c3ncon3)C2)s1. The fourth-order valence-electron chi connectivity index (χ4n) is 2.23. The molecule has 11 heteroatoms. The monoisotopic (exact) mass is 343 g/mol. The molecule has 1 N–H and O–H groups in total. The van der Waals surface area contributed by atoms with Crippen LogP contribution >= 0.6 is 11.3 Å². The maximum Gasteiger partial charge on any atom is 0.254 e. The van der Waals surface area contributed by atoms with Crippen molar-refractivity contribution in [3.63, 3.8) is 0 Å². The highest BCUT2D eigenvalue weighted by atomic mass is 32.2. The molecule has 0 spiro atoms. The van der Waals surface area contributed by atoms with Crippen LogP contribution in [0.3, 0.4) is 0 Å². The summed E-state index contributed by atoms with van der Waals surface area (Å²) < 4.78 is 31.3. The van der Waals surface area contributed by atoms with Crippen molar-refractivity contribution < 1.29 is 17.7 Å². The van der Waals surface area contributed by atoms with Gasteiger partial charge in [-0.05, 0) is 6.42 Å². The zero-order chi connectivity index (χ0) is 15.7. The summed E-state index contributed by atoms with van der Waals surface area (Å²) in [5, 5.41) is 6.50. The molecule has 0 radical (unpaired) electrons. The van der Waals surface area contributed by atoms with Crippen LogP contribution in [0.5, 0.6) is 0 Å². The van der Waals surface area contributed by atoms with Crippen molar-refractivity contribution in [2.24, 2.45) is 0 Å². The average Bonchev–Trinajstić information content (AvgIpc) is 3.19. The van der Waals surface area contributed by atoms with Crippen LogP contribution in [-0.4, -0.2) is 46.8 Å². The van der Waals surface area contributed by atoms with Crippen molar-refractivity contribution in [1.82, 2.24) is 19.4 Å². The Morgan fingerprint density at radius 2 is 2.32 bits per heavy atom. The molecular weight excluding hydrogens is 330 g/mol. The smallest absolute Gasteiger partial charge is 0.254 e. The van der Waals surface area contributed by atoms with E-state index in [2.05, 4.69) is 20.4 Å². The standard InChI is InChI=1S/C11H13N5O4S2/c1-7(17)14-11-12-4-9(21-11)22(18,19)16-3-2-8(5-16)10-13-6-20-15-10/h4,6,8H,2-3,5H2,1H3,(H,12,14,17)/t8-/m0/s1. The Hall–Kier alpha value is -1.85. The quantitative estimate of drug-likeness (QED) is 0.866. The molecular formula is C11H13N5O4S2. The van der Waals surface area contributed by atoms with Crippen LogP contribution < -0.4 is 5.32 Å². The summed E-state index contributed by atoms with van der Waals surface area (Å²) in [7, 11) is -3.63. The second-order valence-electron chi connectivity index (χ2n) is 4.80. The van der Waals surface area contributed by atoms with Crippen molar-refractivity contribution in [3.05, 3.63) is 18.4 Å². The van der Waals surface area contributed by atoms with Gasteiger partial charge in [0.25, 0.3) is 10.0 Å². The molecule has 0 aliphatic carbocycles. The van der Waals surface area contributed by atoms with E-state index in [1.165, 1.54) is 23.8 Å². The van der Waals surface area contributed by atoms with Gasteiger partial charge in [0, 0.05) is 25.9 Å². The molecule has 0 saturated carbocycles. The van der Waals surface area contributed by atoms with Gasteiger partial charge in [-0.25, -0.2) is 13.4 Å².